The van der Waals surface area contributed by atoms with Crippen molar-refractivity contribution in [3.8, 4) is 0 Å². The Labute approximate surface area is 138 Å². The van der Waals surface area contributed by atoms with Crippen molar-refractivity contribution in [2.75, 3.05) is 26.2 Å². The highest BCUT2D eigenvalue weighted by Crippen LogP contribution is 2.20. The van der Waals surface area contributed by atoms with Crippen molar-refractivity contribution in [2.24, 2.45) is 11.8 Å². The Morgan fingerprint density at radius 3 is 2.57 bits per heavy atom. The van der Waals surface area contributed by atoms with Crippen molar-refractivity contribution in [3.05, 3.63) is 35.6 Å². The van der Waals surface area contributed by atoms with Crippen LogP contribution in [0, 0.1) is 17.7 Å². The number of likely N-dealkylation sites (tertiary alicyclic amines) is 2. The predicted octanol–water partition coefficient (Wildman–Crippen LogP) is 1.88. The summed E-state index contributed by atoms with van der Waals surface area (Å²) in [6, 6.07) is 6.80. The van der Waals surface area contributed by atoms with Crippen LogP contribution in [0.4, 0.5) is 4.39 Å². The van der Waals surface area contributed by atoms with E-state index in [1.807, 2.05) is 12.1 Å². The Balaban J connectivity index is 1.48. The molecular weight excluding hydrogens is 291 g/mol. The normalized spacial score (nSPS) is 28.6. The van der Waals surface area contributed by atoms with E-state index in [0.29, 0.717) is 11.8 Å². The lowest BCUT2D eigenvalue weighted by atomic mass is 9.92. The molecule has 3 nitrogen and oxygen atoms in total. The highest BCUT2D eigenvalue weighted by atomic mass is 19.1. The second kappa shape index (κ2) is 7.43. The first kappa shape index (κ1) is 16.4. The Bertz CT molecular complexity index is 523. The van der Waals surface area contributed by atoms with Gasteiger partial charge in [-0.1, -0.05) is 19.1 Å². The van der Waals surface area contributed by atoms with E-state index >= 15 is 0 Å². The monoisotopic (exact) mass is 319 g/mol. The predicted molar refractivity (Wildman–Crippen MR) is 88.5 cm³/mol. The quantitative estimate of drug-likeness (QED) is 0.904. The molecule has 0 radical (unpaired) electrons. The Hall–Kier alpha value is -1.42. The molecule has 0 aromatic heterocycles. The summed E-state index contributed by atoms with van der Waals surface area (Å²) >= 11 is 0. The molecule has 1 amide bonds. The molecule has 2 heterocycles. The van der Waals surface area contributed by atoms with E-state index in [4.69, 9.17) is 0 Å². The molecule has 2 aliphatic heterocycles. The van der Waals surface area contributed by atoms with Gasteiger partial charge in [0.2, 0.25) is 5.91 Å². The third-order valence-electron chi connectivity index (χ3n) is 5.38. The molecule has 1 atom stereocenters. The minimum absolute atomic E-state index is 0.177. The SMILES string of the molecule is C[C@H]1CCCN(C(=O)C2CC[NH+](Cc3ccc(F)cc3)CC2)C1. The maximum atomic E-state index is 13.0. The topological polar surface area (TPSA) is 24.8 Å². The number of carbonyl (C=O) groups excluding carboxylic acids is 1. The van der Waals surface area contributed by atoms with Gasteiger partial charge in [-0.3, -0.25) is 4.79 Å². The number of halogens is 1. The van der Waals surface area contributed by atoms with Gasteiger partial charge in [-0.25, -0.2) is 4.39 Å². The lowest BCUT2D eigenvalue weighted by Crippen LogP contribution is -3.11. The average molecular weight is 319 g/mol. The summed E-state index contributed by atoms with van der Waals surface area (Å²) in [5.74, 6) is 1.08. The zero-order chi connectivity index (χ0) is 16.2. The van der Waals surface area contributed by atoms with Gasteiger partial charge in [-0.05, 0) is 30.9 Å². The number of benzene rings is 1. The van der Waals surface area contributed by atoms with Gasteiger partial charge < -0.3 is 9.80 Å². The standard InChI is InChI=1S/C19H27FN2O/c1-15-3-2-10-22(13-15)19(23)17-8-11-21(12-9-17)14-16-4-6-18(20)7-5-16/h4-7,15,17H,2-3,8-14H2,1H3/p+1/t15-/m0/s1. The van der Waals surface area contributed by atoms with Crippen LogP contribution in [0.5, 0.6) is 0 Å². The number of nitrogens with one attached hydrogen (secondary N) is 1. The molecular formula is C19H28FN2O+. The van der Waals surface area contributed by atoms with Crippen molar-refractivity contribution in [3.63, 3.8) is 0 Å². The third kappa shape index (κ3) is 4.31. The van der Waals surface area contributed by atoms with E-state index in [1.165, 1.54) is 29.0 Å². The largest absolute Gasteiger partial charge is 0.342 e. The number of amides is 1. The summed E-state index contributed by atoms with van der Waals surface area (Å²) in [7, 11) is 0. The fraction of sp³-hybridized carbons (Fsp3) is 0.632. The van der Waals surface area contributed by atoms with E-state index in [2.05, 4.69) is 11.8 Å². The van der Waals surface area contributed by atoms with Crippen LogP contribution in [0.25, 0.3) is 0 Å². The third-order valence-corrected chi connectivity index (χ3v) is 5.38. The number of quaternary nitrogens is 1. The molecule has 2 fully saturated rings. The summed E-state index contributed by atoms with van der Waals surface area (Å²) in [5.41, 5.74) is 1.18. The lowest BCUT2D eigenvalue weighted by molar-refractivity contribution is -0.919. The van der Waals surface area contributed by atoms with Gasteiger partial charge in [0.25, 0.3) is 0 Å². The average Bonchev–Trinajstić information content (AvgIpc) is 2.57. The van der Waals surface area contributed by atoms with Crippen LogP contribution in [0.3, 0.4) is 0 Å². The number of hydrogen-bond donors (Lipinski definition) is 1. The molecule has 0 bridgehead atoms. The number of hydrogen-bond acceptors (Lipinski definition) is 1. The van der Waals surface area contributed by atoms with Crippen LogP contribution >= 0.6 is 0 Å². The maximum absolute atomic E-state index is 13.0. The van der Waals surface area contributed by atoms with Gasteiger partial charge in [0.15, 0.2) is 0 Å². The molecule has 126 valence electrons. The molecule has 23 heavy (non-hydrogen) atoms. The Kier molecular flexibility index (Phi) is 5.31. The Morgan fingerprint density at radius 1 is 1.22 bits per heavy atom. The van der Waals surface area contributed by atoms with Gasteiger partial charge in [0.05, 0.1) is 13.1 Å². The van der Waals surface area contributed by atoms with E-state index in [1.54, 1.807) is 0 Å². The maximum Gasteiger partial charge on any atom is 0.226 e. The van der Waals surface area contributed by atoms with Gasteiger partial charge in [-0.2, -0.15) is 0 Å². The molecule has 0 spiro atoms. The molecule has 0 aliphatic carbocycles. The van der Waals surface area contributed by atoms with E-state index in [9.17, 15) is 9.18 Å². The molecule has 0 saturated carbocycles. The minimum Gasteiger partial charge on any atom is -0.342 e. The van der Waals surface area contributed by atoms with Crippen LogP contribution in [-0.4, -0.2) is 37.0 Å². The Morgan fingerprint density at radius 2 is 1.91 bits per heavy atom. The summed E-state index contributed by atoms with van der Waals surface area (Å²) < 4.78 is 13.0. The van der Waals surface area contributed by atoms with Crippen LogP contribution in [0.1, 0.15) is 38.2 Å². The summed E-state index contributed by atoms with van der Waals surface area (Å²) in [6.07, 6.45) is 4.38. The smallest absolute Gasteiger partial charge is 0.226 e. The number of rotatable bonds is 3. The van der Waals surface area contributed by atoms with Gasteiger partial charge in [-0.15, -0.1) is 0 Å². The molecule has 4 heteroatoms. The van der Waals surface area contributed by atoms with Crippen molar-refractivity contribution >= 4 is 5.91 Å². The molecule has 2 saturated heterocycles. The van der Waals surface area contributed by atoms with Gasteiger partial charge >= 0.3 is 0 Å². The first-order valence-electron chi connectivity index (χ1n) is 8.98. The summed E-state index contributed by atoms with van der Waals surface area (Å²) in [6.45, 7) is 7.15. The summed E-state index contributed by atoms with van der Waals surface area (Å²) in [4.78, 5) is 16.3. The molecule has 1 aromatic carbocycles. The van der Waals surface area contributed by atoms with Crippen LogP contribution in [0.15, 0.2) is 24.3 Å². The van der Waals surface area contributed by atoms with E-state index < -0.39 is 0 Å². The molecule has 2 aliphatic rings. The summed E-state index contributed by atoms with van der Waals surface area (Å²) in [5, 5.41) is 0. The lowest BCUT2D eigenvalue weighted by Gasteiger charge is -2.36. The first-order valence-corrected chi connectivity index (χ1v) is 8.98. The molecule has 1 aromatic rings. The van der Waals surface area contributed by atoms with Crippen molar-refractivity contribution < 1.29 is 14.1 Å². The zero-order valence-electron chi connectivity index (χ0n) is 14.1. The second-order valence-electron chi connectivity index (χ2n) is 7.36. The van der Waals surface area contributed by atoms with Crippen molar-refractivity contribution in [1.82, 2.24) is 4.90 Å². The number of nitrogens with zero attached hydrogens (tertiary/aromatic N) is 1. The second-order valence-corrected chi connectivity index (χ2v) is 7.36. The number of piperidine rings is 2. The molecule has 0 unspecified atom stereocenters. The van der Waals surface area contributed by atoms with Gasteiger partial charge in [0, 0.05) is 37.4 Å². The van der Waals surface area contributed by atoms with Crippen LogP contribution < -0.4 is 4.90 Å². The fourth-order valence-corrected chi connectivity index (χ4v) is 3.99. The molecule has 3 rings (SSSR count). The van der Waals surface area contributed by atoms with Crippen LogP contribution in [0.2, 0.25) is 0 Å². The van der Waals surface area contributed by atoms with Crippen LogP contribution in [-0.2, 0) is 11.3 Å². The number of carbonyl (C=O) groups is 1. The highest BCUT2D eigenvalue weighted by Gasteiger charge is 2.32. The van der Waals surface area contributed by atoms with E-state index in [-0.39, 0.29) is 11.7 Å². The minimum atomic E-state index is -0.177. The van der Waals surface area contributed by atoms with Crippen molar-refractivity contribution in [2.45, 2.75) is 39.2 Å². The fourth-order valence-electron chi connectivity index (χ4n) is 3.99. The van der Waals surface area contributed by atoms with E-state index in [0.717, 1.165) is 52.0 Å². The molecule has 1 N–H and O–H groups in total. The van der Waals surface area contributed by atoms with Crippen molar-refractivity contribution in [1.29, 1.82) is 0 Å². The zero-order valence-corrected chi connectivity index (χ0v) is 14.1. The first-order chi connectivity index (χ1) is 11.1. The van der Waals surface area contributed by atoms with Gasteiger partial charge in [0.1, 0.15) is 12.4 Å². The highest BCUT2D eigenvalue weighted by molar-refractivity contribution is 5.79.